The fourth-order valence-electron chi connectivity index (χ4n) is 4.65. The van der Waals surface area contributed by atoms with Gasteiger partial charge in [-0.1, -0.05) is 18.6 Å². The van der Waals surface area contributed by atoms with E-state index in [1.54, 1.807) is 7.11 Å². The maximum atomic E-state index is 12.6. The van der Waals surface area contributed by atoms with Crippen molar-refractivity contribution in [2.24, 2.45) is 5.92 Å². The van der Waals surface area contributed by atoms with E-state index in [0.717, 1.165) is 50.5 Å². The zero-order valence-electron chi connectivity index (χ0n) is 18.7. The van der Waals surface area contributed by atoms with Gasteiger partial charge in [-0.05, 0) is 25.0 Å². The summed E-state index contributed by atoms with van der Waals surface area (Å²) in [5.74, 6) is 0.274. The molecule has 2 amide bonds. The van der Waals surface area contributed by atoms with Crippen molar-refractivity contribution >= 4 is 29.9 Å². The van der Waals surface area contributed by atoms with Gasteiger partial charge in [0.25, 0.3) is 0 Å². The van der Waals surface area contributed by atoms with Gasteiger partial charge < -0.3 is 20.1 Å². The zero-order valence-corrected chi connectivity index (χ0v) is 19.6. The van der Waals surface area contributed by atoms with Gasteiger partial charge in [0.15, 0.2) is 0 Å². The fourth-order valence-corrected chi connectivity index (χ4v) is 4.65. The van der Waals surface area contributed by atoms with Gasteiger partial charge in [-0.25, -0.2) is 0 Å². The third kappa shape index (κ3) is 5.73. The number of β-amino-alcohol motifs (C(OH)–C–C–N with tert-alkyl or cyclic N) is 1. The van der Waals surface area contributed by atoms with Crippen molar-refractivity contribution in [2.45, 2.75) is 37.8 Å². The van der Waals surface area contributed by atoms with Crippen molar-refractivity contribution in [1.29, 1.82) is 0 Å². The van der Waals surface area contributed by atoms with Gasteiger partial charge in [0.2, 0.25) is 11.8 Å². The van der Waals surface area contributed by atoms with Crippen LogP contribution in [0.2, 0.25) is 0 Å². The standard InChI is InChI=1S/C23H34N4O4.ClH/c1-31-21-8-3-2-7-20(21)26-11-9-25(10-12-26)15-19(28)16-27-22(29)13-17(23(27)30)14-24-18-5-4-6-18;/h2-3,7-8,17-19,24,28H,4-6,9-16H2,1H3;1H. The highest BCUT2D eigenvalue weighted by atomic mass is 35.5. The lowest BCUT2D eigenvalue weighted by Gasteiger charge is -2.37. The van der Waals surface area contributed by atoms with Crippen LogP contribution in [-0.4, -0.2) is 91.8 Å². The Morgan fingerprint density at radius 3 is 2.50 bits per heavy atom. The molecule has 32 heavy (non-hydrogen) atoms. The van der Waals surface area contributed by atoms with Gasteiger partial charge in [-0.15, -0.1) is 12.4 Å². The Kier molecular flexibility index (Phi) is 8.76. The molecular weight excluding hydrogens is 432 g/mol. The summed E-state index contributed by atoms with van der Waals surface area (Å²) in [5.41, 5.74) is 1.08. The van der Waals surface area contributed by atoms with E-state index in [-0.39, 0.29) is 43.1 Å². The minimum Gasteiger partial charge on any atom is -0.495 e. The van der Waals surface area contributed by atoms with Crippen molar-refractivity contribution < 1.29 is 19.4 Å². The molecule has 1 saturated carbocycles. The Morgan fingerprint density at radius 1 is 1.12 bits per heavy atom. The van der Waals surface area contributed by atoms with E-state index in [1.165, 1.54) is 11.3 Å². The first kappa shape index (κ1) is 24.8. The van der Waals surface area contributed by atoms with Crippen molar-refractivity contribution in [1.82, 2.24) is 15.1 Å². The number of halogens is 1. The van der Waals surface area contributed by atoms with Gasteiger partial charge in [0, 0.05) is 51.7 Å². The van der Waals surface area contributed by atoms with Gasteiger partial charge in [0.05, 0.1) is 31.4 Å². The largest absolute Gasteiger partial charge is 0.495 e. The molecule has 2 N–H and O–H groups in total. The predicted octanol–water partition coefficient (Wildman–Crippen LogP) is 1.12. The number of imide groups is 1. The molecule has 2 aliphatic heterocycles. The molecule has 2 unspecified atom stereocenters. The average molecular weight is 467 g/mol. The van der Waals surface area contributed by atoms with Gasteiger partial charge in [-0.3, -0.25) is 19.4 Å². The number of piperazine rings is 1. The Labute approximate surface area is 196 Å². The van der Waals surface area contributed by atoms with Crippen molar-refractivity contribution in [3.63, 3.8) is 0 Å². The summed E-state index contributed by atoms with van der Waals surface area (Å²) >= 11 is 0. The van der Waals surface area contributed by atoms with E-state index < -0.39 is 6.10 Å². The number of carbonyl (C=O) groups excluding carboxylic acids is 2. The normalized spacial score (nSPS) is 23.1. The van der Waals surface area contributed by atoms with Gasteiger partial charge in [-0.2, -0.15) is 0 Å². The van der Waals surface area contributed by atoms with Crippen LogP contribution >= 0.6 is 12.4 Å². The third-order valence-electron chi connectivity index (χ3n) is 6.76. The predicted molar refractivity (Wildman–Crippen MR) is 125 cm³/mol. The lowest BCUT2D eigenvalue weighted by molar-refractivity contribution is -0.141. The number of carbonyl (C=O) groups is 2. The second-order valence-corrected chi connectivity index (χ2v) is 8.89. The number of para-hydroxylation sites is 2. The third-order valence-corrected chi connectivity index (χ3v) is 6.76. The molecule has 1 aromatic rings. The number of benzene rings is 1. The van der Waals surface area contributed by atoms with Crippen LogP contribution in [0.15, 0.2) is 24.3 Å². The molecule has 4 rings (SSSR count). The second-order valence-electron chi connectivity index (χ2n) is 8.89. The minimum atomic E-state index is -0.732. The number of likely N-dealkylation sites (tertiary alicyclic amines) is 1. The Morgan fingerprint density at radius 2 is 1.84 bits per heavy atom. The number of aliphatic hydroxyl groups excluding tert-OH is 1. The number of nitrogens with one attached hydrogen (secondary N) is 1. The molecule has 3 fully saturated rings. The average Bonchev–Trinajstić information content (AvgIpc) is 3.00. The van der Waals surface area contributed by atoms with E-state index in [4.69, 9.17) is 4.74 Å². The van der Waals surface area contributed by atoms with Crippen LogP contribution in [0.5, 0.6) is 5.75 Å². The van der Waals surface area contributed by atoms with Crippen LogP contribution in [0, 0.1) is 5.92 Å². The van der Waals surface area contributed by atoms with Crippen LogP contribution in [0.3, 0.4) is 0 Å². The van der Waals surface area contributed by atoms with E-state index in [9.17, 15) is 14.7 Å². The fraction of sp³-hybridized carbons (Fsp3) is 0.652. The Hall–Kier alpha value is -1.87. The number of rotatable bonds is 9. The summed E-state index contributed by atoms with van der Waals surface area (Å²) < 4.78 is 5.46. The highest BCUT2D eigenvalue weighted by Gasteiger charge is 2.39. The van der Waals surface area contributed by atoms with Crippen LogP contribution in [0.25, 0.3) is 0 Å². The summed E-state index contributed by atoms with van der Waals surface area (Å²) in [4.78, 5) is 30.7. The summed E-state index contributed by atoms with van der Waals surface area (Å²) in [7, 11) is 1.68. The van der Waals surface area contributed by atoms with Crippen LogP contribution in [-0.2, 0) is 9.59 Å². The Bertz CT molecular complexity index is 783. The molecule has 8 nitrogen and oxygen atoms in total. The number of anilines is 1. The van der Waals surface area contributed by atoms with Crippen LogP contribution < -0.4 is 15.0 Å². The number of hydrogen-bond acceptors (Lipinski definition) is 7. The monoisotopic (exact) mass is 466 g/mol. The highest BCUT2D eigenvalue weighted by Crippen LogP contribution is 2.28. The molecule has 2 saturated heterocycles. The summed E-state index contributed by atoms with van der Waals surface area (Å²) in [5, 5.41) is 14.0. The zero-order chi connectivity index (χ0) is 21.8. The highest BCUT2D eigenvalue weighted by molar-refractivity contribution is 6.03. The summed E-state index contributed by atoms with van der Waals surface area (Å²) in [6.07, 6.45) is 3.07. The smallest absolute Gasteiger partial charge is 0.234 e. The molecule has 9 heteroatoms. The molecular formula is C23H35ClN4O4. The first-order valence-corrected chi connectivity index (χ1v) is 11.4. The number of hydrogen-bond donors (Lipinski definition) is 2. The lowest BCUT2D eigenvalue weighted by atomic mass is 9.92. The number of aliphatic hydroxyl groups is 1. The maximum Gasteiger partial charge on any atom is 0.234 e. The van der Waals surface area contributed by atoms with E-state index in [0.29, 0.717) is 19.1 Å². The second kappa shape index (κ2) is 11.3. The molecule has 1 aromatic carbocycles. The molecule has 178 valence electrons. The van der Waals surface area contributed by atoms with Crippen LogP contribution in [0.1, 0.15) is 25.7 Å². The number of ether oxygens (including phenoxy) is 1. The number of methoxy groups -OCH3 is 1. The molecule has 2 heterocycles. The number of nitrogens with zero attached hydrogens (tertiary/aromatic N) is 3. The molecule has 1 aliphatic carbocycles. The van der Waals surface area contributed by atoms with E-state index in [2.05, 4.69) is 21.2 Å². The first-order chi connectivity index (χ1) is 15.0. The SMILES string of the molecule is COc1ccccc1N1CCN(CC(O)CN2C(=O)CC(CNC3CCC3)C2=O)CC1.Cl. The van der Waals surface area contributed by atoms with E-state index >= 15 is 0 Å². The Balaban J connectivity index is 0.00000289. The summed E-state index contributed by atoms with van der Waals surface area (Å²) in [6, 6.07) is 8.49. The van der Waals surface area contributed by atoms with Gasteiger partial charge >= 0.3 is 0 Å². The minimum absolute atomic E-state index is 0. The lowest BCUT2D eigenvalue weighted by Crippen LogP contribution is -2.50. The van der Waals surface area contributed by atoms with Crippen LogP contribution in [0.4, 0.5) is 5.69 Å². The molecule has 0 aromatic heterocycles. The maximum absolute atomic E-state index is 12.6. The molecule has 0 bridgehead atoms. The summed E-state index contributed by atoms with van der Waals surface area (Å²) in [6.45, 7) is 4.40. The number of amides is 2. The van der Waals surface area contributed by atoms with Crippen molar-refractivity contribution in [2.75, 3.05) is 57.8 Å². The topological polar surface area (TPSA) is 85.3 Å². The first-order valence-electron chi connectivity index (χ1n) is 11.4. The molecule has 3 aliphatic rings. The molecule has 2 atom stereocenters. The quantitative estimate of drug-likeness (QED) is 0.527. The molecule has 0 spiro atoms. The molecule has 0 radical (unpaired) electrons. The van der Waals surface area contributed by atoms with Crippen molar-refractivity contribution in [3.05, 3.63) is 24.3 Å². The van der Waals surface area contributed by atoms with E-state index in [1.807, 2.05) is 18.2 Å². The van der Waals surface area contributed by atoms with Gasteiger partial charge in [0.1, 0.15) is 5.75 Å². The van der Waals surface area contributed by atoms with Crippen molar-refractivity contribution in [3.8, 4) is 5.75 Å².